The molecule has 0 saturated carbocycles. The maximum absolute atomic E-state index is 11.9. The molecule has 0 spiro atoms. The van der Waals surface area contributed by atoms with Crippen molar-refractivity contribution in [1.82, 2.24) is 4.90 Å². The molecule has 6 heteroatoms. The van der Waals surface area contributed by atoms with E-state index in [1.807, 2.05) is 30.3 Å². The highest BCUT2D eigenvalue weighted by molar-refractivity contribution is 6.44. The van der Waals surface area contributed by atoms with Crippen LogP contribution in [0.15, 0.2) is 46.4 Å². The van der Waals surface area contributed by atoms with Crippen molar-refractivity contribution in [3.05, 3.63) is 47.0 Å². The van der Waals surface area contributed by atoms with Crippen LogP contribution < -0.4 is 5.73 Å². The van der Waals surface area contributed by atoms with Crippen LogP contribution >= 0.6 is 11.6 Å². The second-order valence-corrected chi connectivity index (χ2v) is 4.73. The van der Waals surface area contributed by atoms with Gasteiger partial charge in [0.15, 0.2) is 0 Å². The number of nitrogens with zero attached hydrogens (tertiary/aromatic N) is 2. The van der Waals surface area contributed by atoms with E-state index in [-0.39, 0.29) is 13.1 Å². The Morgan fingerprint density at radius 1 is 1.33 bits per heavy atom. The second kappa shape index (κ2) is 8.21. The average Bonchev–Trinajstić information content (AvgIpc) is 2.50. The molecule has 0 aromatic heterocycles. The van der Waals surface area contributed by atoms with Crippen molar-refractivity contribution in [3.63, 3.8) is 0 Å². The number of nitrogens with two attached hydrogens (primary N) is 1. The summed E-state index contributed by atoms with van der Waals surface area (Å²) < 4.78 is 0. The maximum Gasteiger partial charge on any atom is 0.312 e. The molecule has 0 aliphatic heterocycles. The number of amides is 2. The molecule has 1 rings (SSSR count). The normalized spacial score (nSPS) is 12.1. The van der Waals surface area contributed by atoms with Crippen LogP contribution in [0.5, 0.6) is 0 Å². The molecule has 0 fully saturated rings. The first-order valence-corrected chi connectivity index (χ1v) is 6.77. The van der Waals surface area contributed by atoms with Gasteiger partial charge in [-0.05, 0) is 12.5 Å². The Bertz CT molecular complexity index is 568. The highest BCUT2D eigenvalue weighted by Crippen LogP contribution is 2.10. The Hall–Kier alpha value is -2.14. The third-order valence-electron chi connectivity index (χ3n) is 2.85. The lowest BCUT2D eigenvalue weighted by atomic mass is 10.2. The summed E-state index contributed by atoms with van der Waals surface area (Å²) in [6.07, 6.45) is 1.68. The summed E-state index contributed by atoms with van der Waals surface area (Å²) in [6, 6.07) is 9.31. The number of allylic oxidation sites excluding steroid dienone is 1. The van der Waals surface area contributed by atoms with E-state index in [9.17, 15) is 9.59 Å². The molecule has 0 heterocycles. The summed E-state index contributed by atoms with van der Waals surface area (Å²) in [4.78, 5) is 28.5. The highest BCUT2D eigenvalue weighted by Gasteiger charge is 2.21. The SMILES string of the molecule is C/C=C(/Cl)C(CN(Cc1ccccc1)C(=O)C(N)=O)=NC. The lowest BCUT2D eigenvalue weighted by Gasteiger charge is -2.22. The van der Waals surface area contributed by atoms with Crippen molar-refractivity contribution in [3.8, 4) is 0 Å². The molecular weight excluding hydrogens is 290 g/mol. The molecule has 2 amide bonds. The highest BCUT2D eigenvalue weighted by atomic mass is 35.5. The minimum atomic E-state index is -1.00. The monoisotopic (exact) mass is 307 g/mol. The third-order valence-corrected chi connectivity index (χ3v) is 3.29. The van der Waals surface area contributed by atoms with E-state index in [4.69, 9.17) is 17.3 Å². The van der Waals surface area contributed by atoms with E-state index < -0.39 is 11.8 Å². The molecule has 0 aliphatic rings. The van der Waals surface area contributed by atoms with Gasteiger partial charge in [-0.25, -0.2) is 0 Å². The minimum Gasteiger partial charge on any atom is -0.361 e. The second-order valence-electron chi connectivity index (χ2n) is 4.32. The Morgan fingerprint density at radius 3 is 2.43 bits per heavy atom. The molecule has 0 unspecified atom stereocenters. The zero-order valence-electron chi connectivity index (χ0n) is 12.0. The summed E-state index contributed by atoms with van der Waals surface area (Å²) in [5.74, 6) is -1.77. The molecule has 112 valence electrons. The predicted molar refractivity (Wildman–Crippen MR) is 84.0 cm³/mol. The summed E-state index contributed by atoms with van der Waals surface area (Å²) in [7, 11) is 1.58. The van der Waals surface area contributed by atoms with E-state index in [1.165, 1.54) is 4.90 Å². The first-order valence-electron chi connectivity index (χ1n) is 6.40. The van der Waals surface area contributed by atoms with Crippen LogP contribution in [0, 0.1) is 0 Å². The smallest absolute Gasteiger partial charge is 0.312 e. The molecule has 0 bridgehead atoms. The van der Waals surface area contributed by atoms with E-state index in [0.717, 1.165) is 5.56 Å². The first-order chi connectivity index (χ1) is 9.99. The zero-order valence-corrected chi connectivity index (χ0v) is 12.8. The largest absolute Gasteiger partial charge is 0.361 e. The lowest BCUT2D eigenvalue weighted by Crippen LogP contribution is -2.42. The van der Waals surface area contributed by atoms with Gasteiger partial charge in [0.25, 0.3) is 0 Å². The average molecular weight is 308 g/mol. The molecule has 1 aromatic carbocycles. The van der Waals surface area contributed by atoms with Gasteiger partial charge in [0, 0.05) is 13.6 Å². The number of carbonyl (C=O) groups excluding carboxylic acids is 2. The van der Waals surface area contributed by atoms with Gasteiger partial charge in [0.1, 0.15) is 0 Å². The van der Waals surface area contributed by atoms with Crippen LogP contribution in [0.25, 0.3) is 0 Å². The lowest BCUT2D eigenvalue weighted by molar-refractivity contribution is -0.144. The molecule has 5 nitrogen and oxygen atoms in total. The number of halogens is 1. The first kappa shape index (κ1) is 16.9. The fourth-order valence-electron chi connectivity index (χ4n) is 1.76. The number of aliphatic imine (C=N–C) groups is 1. The number of rotatable bonds is 5. The Labute approximate surface area is 129 Å². The summed E-state index contributed by atoms with van der Waals surface area (Å²) in [5, 5.41) is 0.438. The summed E-state index contributed by atoms with van der Waals surface area (Å²) in [6.45, 7) is 2.15. The van der Waals surface area contributed by atoms with E-state index in [0.29, 0.717) is 10.7 Å². The van der Waals surface area contributed by atoms with Crippen LogP contribution in [0.4, 0.5) is 0 Å². The van der Waals surface area contributed by atoms with Gasteiger partial charge >= 0.3 is 11.8 Å². The van der Waals surface area contributed by atoms with Gasteiger partial charge in [0.2, 0.25) is 0 Å². The maximum atomic E-state index is 11.9. The quantitative estimate of drug-likeness (QED) is 0.664. The molecule has 2 N–H and O–H groups in total. The Balaban J connectivity index is 2.98. The number of benzene rings is 1. The minimum absolute atomic E-state index is 0.121. The number of hydrogen-bond acceptors (Lipinski definition) is 3. The number of primary amides is 1. The van der Waals surface area contributed by atoms with Gasteiger partial charge in [-0.3, -0.25) is 14.6 Å². The van der Waals surface area contributed by atoms with Gasteiger partial charge < -0.3 is 10.6 Å². The number of hydrogen-bond donors (Lipinski definition) is 1. The molecule has 0 aliphatic carbocycles. The van der Waals surface area contributed by atoms with Crippen LogP contribution in [-0.4, -0.2) is 36.0 Å². The summed E-state index contributed by atoms with van der Waals surface area (Å²) in [5.41, 5.74) is 6.51. The van der Waals surface area contributed by atoms with E-state index >= 15 is 0 Å². The molecule has 0 saturated heterocycles. The van der Waals surface area contributed by atoms with Crippen LogP contribution in [0.3, 0.4) is 0 Å². The van der Waals surface area contributed by atoms with Crippen molar-refractivity contribution in [2.45, 2.75) is 13.5 Å². The van der Waals surface area contributed by atoms with E-state index in [2.05, 4.69) is 4.99 Å². The van der Waals surface area contributed by atoms with Gasteiger partial charge in [-0.2, -0.15) is 0 Å². The fraction of sp³-hybridized carbons (Fsp3) is 0.267. The summed E-state index contributed by atoms with van der Waals surface area (Å²) >= 11 is 6.04. The van der Waals surface area contributed by atoms with Gasteiger partial charge in [-0.1, -0.05) is 48.0 Å². The van der Waals surface area contributed by atoms with Crippen molar-refractivity contribution in [1.29, 1.82) is 0 Å². The Kier molecular flexibility index (Phi) is 6.62. The third kappa shape index (κ3) is 5.04. The molecule has 0 radical (unpaired) electrons. The van der Waals surface area contributed by atoms with Crippen LogP contribution in [0.2, 0.25) is 0 Å². The molecule has 21 heavy (non-hydrogen) atoms. The molecular formula is C15H18ClN3O2. The van der Waals surface area contributed by atoms with Crippen molar-refractivity contribution >= 4 is 29.1 Å². The topological polar surface area (TPSA) is 75.8 Å². The van der Waals surface area contributed by atoms with Crippen molar-refractivity contribution < 1.29 is 9.59 Å². The fourth-order valence-corrected chi connectivity index (χ4v) is 1.90. The van der Waals surface area contributed by atoms with Gasteiger partial charge in [0.05, 0.1) is 17.3 Å². The Morgan fingerprint density at radius 2 is 1.95 bits per heavy atom. The van der Waals surface area contributed by atoms with Crippen molar-refractivity contribution in [2.75, 3.05) is 13.6 Å². The number of carbonyl (C=O) groups is 2. The van der Waals surface area contributed by atoms with Crippen LogP contribution in [-0.2, 0) is 16.1 Å². The molecule has 1 aromatic rings. The van der Waals surface area contributed by atoms with Crippen molar-refractivity contribution in [2.24, 2.45) is 10.7 Å². The predicted octanol–water partition coefficient (Wildman–Crippen LogP) is 1.71. The molecule has 0 atom stereocenters. The van der Waals surface area contributed by atoms with Crippen LogP contribution in [0.1, 0.15) is 12.5 Å². The van der Waals surface area contributed by atoms with Gasteiger partial charge in [-0.15, -0.1) is 0 Å². The zero-order chi connectivity index (χ0) is 15.8. The van der Waals surface area contributed by atoms with E-state index in [1.54, 1.807) is 20.0 Å². The standard InChI is InChI=1S/C15H18ClN3O2/c1-3-12(16)13(18-2)10-19(15(21)14(17)20)9-11-7-5-4-6-8-11/h3-8H,9-10H2,1-2H3,(H2,17,20)/b12-3+,18-13?.